The number of anilines is 1. The normalized spacial score (nSPS) is 10.8. The largest absolute Gasteiger partial charge is 0.478 e. The Balaban J connectivity index is 2.34. The number of benzene rings is 2. The zero-order valence-corrected chi connectivity index (χ0v) is 12.4. The number of pyridine rings is 1. The molecule has 4 nitrogen and oxygen atoms in total. The van der Waals surface area contributed by atoms with Gasteiger partial charge in [-0.3, -0.25) is 0 Å². The molecule has 2 aromatic carbocycles. The third-order valence-corrected chi connectivity index (χ3v) is 3.69. The number of aromatic nitrogens is 1. The third kappa shape index (κ3) is 2.39. The van der Waals surface area contributed by atoms with Crippen molar-refractivity contribution >= 4 is 22.6 Å². The summed E-state index contributed by atoms with van der Waals surface area (Å²) in [6.45, 7) is 3.90. The van der Waals surface area contributed by atoms with Crippen LogP contribution in [0.15, 0.2) is 42.5 Å². The molecule has 0 unspecified atom stereocenters. The Labute approximate surface area is 128 Å². The first-order valence-electron chi connectivity index (χ1n) is 6.97. The summed E-state index contributed by atoms with van der Waals surface area (Å²) in [7, 11) is 0. The minimum atomic E-state index is -0.950. The molecule has 110 valence electrons. The molecule has 0 spiro atoms. The van der Waals surface area contributed by atoms with Crippen molar-refractivity contribution in [3.8, 4) is 11.3 Å². The minimum Gasteiger partial charge on any atom is -0.478 e. The van der Waals surface area contributed by atoms with E-state index in [1.165, 1.54) is 0 Å². The van der Waals surface area contributed by atoms with E-state index in [4.69, 9.17) is 5.73 Å². The van der Waals surface area contributed by atoms with Gasteiger partial charge in [0.05, 0.1) is 16.8 Å². The predicted molar refractivity (Wildman–Crippen MR) is 88.0 cm³/mol. The van der Waals surface area contributed by atoms with Crippen LogP contribution in [0.25, 0.3) is 22.2 Å². The van der Waals surface area contributed by atoms with Gasteiger partial charge in [-0.1, -0.05) is 23.8 Å². The molecule has 4 heteroatoms. The zero-order valence-electron chi connectivity index (χ0n) is 12.4. The van der Waals surface area contributed by atoms with Crippen LogP contribution in [0, 0.1) is 13.8 Å². The van der Waals surface area contributed by atoms with E-state index in [-0.39, 0.29) is 5.56 Å². The summed E-state index contributed by atoms with van der Waals surface area (Å²) in [6.07, 6.45) is 0. The summed E-state index contributed by atoms with van der Waals surface area (Å²) in [6, 6.07) is 12.7. The quantitative estimate of drug-likeness (QED) is 0.704. The number of nitrogens with two attached hydrogens (primary N) is 1. The molecule has 3 N–H and O–H groups in total. The average Bonchev–Trinajstić information content (AvgIpc) is 2.47. The van der Waals surface area contributed by atoms with Crippen molar-refractivity contribution < 1.29 is 9.90 Å². The topological polar surface area (TPSA) is 76.2 Å². The van der Waals surface area contributed by atoms with Gasteiger partial charge >= 0.3 is 5.97 Å². The monoisotopic (exact) mass is 292 g/mol. The van der Waals surface area contributed by atoms with Crippen LogP contribution in [0.4, 0.5) is 5.69 Å². The maximum Gasteiger partial charge on any atom is 0.336 e. The molecule has 1 aromatic heterocycles. The number of fused-ring (bicyclic) bond motifs is 1. The molecule has 0 atom stereocenters. The van der Waals surface area contributed by atoms with E-state index in [1.54, 1.807) is 18.2 Å². The van der Waals surface area contributed by atoms with Crippen molar-refractivity contribution in [1.82, 2.24) is 4.98 Å². The highest BCUT2D eigenvalue weighted by molar-refractivity contribution is 6.04. The van der Waals surface area contributed by atoms with E-state index in [0.29, 0.717) is 16.8 Å². The van der Waals surface area contributed by atoms with Gasteiger partial charge in [0.1, 0.15) is 0 Å². The highest BCUT2D eigenvalue weighted by Gasteiger charge is 2.14. The Morgan fingerprint density at radius 2 is 1.77 bits per heavy atom. The molecule has 3 rings (SSSR count). The van der Waals surface area contributed by atoms with E-state index < -0.39 is 5.97 Å². The molecule has 0 amide bonds. The molecule has 0 fully saturated rings. The van der Waals surface area contributed by atoms with Crippen LogP contribution in [-0.2, 0) is 0 Å². The van der Waals surface area contributed by atoms with E-state index in [1.807, 2.05) is 38.1 Å². The Morgan fingerprint density at radius 1 is 1.09 bits per heavy atom. The Morgan fingerprint density at radius 3 is 2.41 bits per heavy atom. The van der Waals surface area contributed by atoms with Crippen LogP contribution in [0.2, 0.25) is 0 Å². The number of carboxylic acids is 1. The second kappa shape index (κ2) is 5.15. The van der Waals surface area contributed by atoms with Crippen LogP contribution >= 0.6 is 0 Å². The van der Waals surface area contributed by atoms with Crippen LogP contribution in [-0.4, -0.2) is 16.1 Å². The number of hydrogen-bond acceptors (Lipinski definition) is 3. The SMILES string of the molecule is Cc1cc(C)c2nc(-c3ccc(N)cc3)cc(C(=O)O)c2c1. The lowest BCUT2D eigenvalue weighted by Gasteiger charge is -2.10. The van der Waals surface area contributed by atoms with Gasteiger partial charge in [-0.15, -0.1) is 0 Å². The van der Waals surface area contributed by atoms with Crippen LogP contribution in [0.3, 0.4) is 0 Å². The molecule has 0 radical (unpaired) electrons. The number of carbonyl (C=O) groups is 1. The lowest BCUT2D eigenvalue weighted by Crippen LogP contribution is -2.01. The van der Waals surface area contributed by atoms with Crippen LogP contribution in [0.5, 0.6) is 0 Å². The van der Waals surface area contributed by atoms with Crippen molar-refractivity contribution in [3.05, 3.63) is 59.2 Å². The van der Waals surface area contributed by atoms with Gasteiger partial charge in [0.25, 0.3) is 0 Å². The summed E-state index contributed by atoms with van der Waals surface area (Å²) < 4.78 is 0. The van der Waals surface area contributed by atoms with E-state index in [9.17, 15) is 9.90 Å². The maximum absolute atomic E-state index is 11.6. The maximum atomic E-state index is 11.6. The lowest BCUT2D eigenvalue weighted by molar-refractivity contribution is 0.0699. The van der Waals surface area contributed by atoms with Crippen molar-refractivity contribution in [2.24, 2.45) is 0 Å². The number of hydrogen-bond donors (Lipinski definition) is 2. The van der Waals surface area contributed by atoms with Gasteiger partial charge in [0.2, 0.25) is 0 Å². The molecule has 0 saturated carbocycles. The first-order valence-corrected chi connectivity index (χ1v) is 6.97. The molecular formula is C18H16N2O2. The predicted octanol–water partition coefficient (Wildman–Crippen LogP) is 3.80. The smallest absolute Gasteiger partial charge is 0.336 e. The molecule has 0 aliphatic rings. The lowest BCUT2D eigenvalue weighted by atomic mass is 10.00. The second-order valence-corrected chi connectivity index (χ2v) is 5.46. The Hall–Kier alpha value is -2.88. The first kappa shape index (κ1) is 14.1. The molecular weight excluding hydrogens is 276 g/mol. The van der Waals surface area contributed by atoms with Gasteiger partial charge in [0, 0.05) is 16.6 Å². The van der Waals surface area contributed by atoms with Gasteiger partial charge in [-0.2, -0.15) is 0 Å². The summed E-state index contributed by atoms with van der Waals surface area (Å²) in [5.41, 5.74) is 10.8. The van der Waals surface area contributed by atoms with Crippen molar-refractivity contribution in [2.45, 2.75) is 13.8 Å². The van der Waals surface area contributed by atoms with Gasteiger partial charge in [-0.05, 0) is 43.7 Å². The number of aromatic carboxylic acids is 1. The minimum absolute atomic E-state index is 0.267. The summed E-state index contributed by atoms with van der Waals surface area (Å²) in [5.74, 6) is -0.950. The van der Waals surface area contributed by atoms with Crippen LogP contribution in [0.1, 0.15) is 21.5 Å². The molecule has 22 heavy (non-hydrogen) atoms. The summed E-state index contributed by atoms with van der Waals surface area (Å²) >= 11 is 0. The zero-order chi connectivity index (χ0) is 15.9. The number of rotatable bonds is 2. The fourth-order valence-electron chi connectivity index (χ4n) is 2.66. The fourth-order valence-corrected chi connectivity index (χ4v) is 2.66. The Bertz CT molecular complexity index is 884. The van der Waals surface area contributed by atoms with Crippen molar-refractivity contribution in [1.29, 1.82) is 0 Å². The second-order valence-electron chi connectivity index (χ2n) is 5.46. The number of nitrogen functional groups attached to an aromatic ring is 1. The van der Waals surface area contributed by atoms with Crippen LogP contribution < -0.4 is 5.73 Å². The molecule has 1 heterocycles. The van der Waals surface area contributed by atoms with E-state index in [0.717, 1.165) is 22.2 Å². The Kier molecular flexibility index (Phi) is 3.29. The highest BCUT2D eigenvalue weighted by atomic mass is 16.4. The standard InChI is InChI=1S/C18H16N2O2/c1-10-7-11(2)17-14(8-10)15(18(21)22)9-16(20-17)12-3-5-13(19)6-4-12/h3-9H,19H2,1-2H3,(H,21,22). The van der Waals surface area contributed by atoms with E-state index >= 15 is 0 Å². The van der Waals surface area contributed by atoms with Gasteiger partial charge < -0.3 is 10.8 Å². The highest BCUT2D eigenvalue weighted by Crippen LogP contribution is 2.28. The molecule has 3 aromatic rings. The first-order chi connectivity index (χ1) is 10.5. The van der Waals surface area contributed by atoms with E-state index in [2.05, 4.69) is 4.98 Å². The molecule has 0 bridgehead atoms. The third-order valence-electron chi connectivity index (χ3n) is 3.69. The molecule has 0 saturated heterocycles. The number of nitrogens with zero attached hydrogens (tertiary/aromatic N) is 1. The van der Waals surface area contributed by atoms with Gasteiger partial charge in [0.15, 0.2) is 0 Å². The summed E-state index contributed by atoms with van der Waals surface area (Å²) in [5, 5.41) is 10.2. The average molecular weight is 292 g/mol. The van der Waals surface area contributed by atoms with Gasteiger partial charge in [-0.25, -0.2) is 9.78 Å². The van der Waals surface area contributed by atoms with Crippen molar-refractivity contribution in [2.75, 3.05) is 5.73 Å². The number of aryl methyl sites for hydroxylation is 2. The summed E-state index contributed by atoms with van der Waals surface area (Å²) in [4.78, 5) is 16.3. The van der Waals surface area contributed by atoms with Crippen molar-refractivity contribution in [3.63, 3.8) is 0 Å². The molecule has 0 aliphatic carbocycles. The fraction of sp³-hybridized carbons (Fsp3) is 0.111. The molecule has 0 aliphatic heterocycles. The number of carboxylic acid groups (broad SMARTS) is 1.